The van der Waals surface area contributed by atoms with Crippen molar-refractivity contribution in [3.8, 4) is 0 Å². The van der Waals surface area contributed by atoms with Crippen LogP contribution in [-0.4, -0.2) is 17.4 Å². The second-order valence-electron chi connectivity index (χ2n) is 7.05. The van der Waals surface area contributed by atoms with Crippen molar-refractivity contribution in [1.29, 1.82) is 0 Å². The van der Waals surface area contributed by atoms with Crippen LogP contribution in [0.1, 0.15) is 52.4 Å². The zero-order valence-corrected chi connectivity index (χ0v) is 12.5. The van der Waals surface area contributed by atoms with Crippen molar-refractivity contribution in [3.05, 3.63) is 12.2 Å². The van der Waals surface area contributed by atoms with Crippen LogP contribution in [0.4, 0.5) is 0 Å². The molecule has 0 spiro atoms. The fourth-order valence-electron chi connectivity index (χ4n) is 4.22. The fraction of sp³-hybridized carbons (Fsp3) is 0.765. The van der Waals surface area contributed by atoms with Gasteiger partial charge in [-0.3, -0.25) is 4.79 Å². The molecule has 3 saturated carbocycles. The van der Waals surface area contributed by atoms with E-state index >= 15 is 0 Å². The summed E-state index contributed by atoms with van der Waals surface area (Å²) in [4.78, 5) is 21.7. The van der Waals surface area contributed by atoms with E-state index < -0.39 is 5.97 Å². The van der Waals surface area contributed by atoms with E-state index in [1.807, 2.05) is 0 Å². The molecule has 2 unspecified atom stereocenters. The van der Waals surface area contributed by atoms with Crippen LogP contribution in [0, 0.1) is 29.1 Å². The summed E-state index contributed by atoms with van der Waals surface area (Å²) in [6, 6.07) is 0. The van der Waals surface area contributed by atoms with E-state index in [1.54, 1.807) is 0 Å². The molecule has 3 rings (SSSR count). The lowest BCUT2D eigenvalue weighted by Gasteiger charge is -2.62. The summed E-state index contributed by atoms with van der Waals surface area (Å²) in [5, 5.41) is 8.58. The average Bonchev–Trinajstić information content (AvgIpc) is 2.41. The van der Waals surface area contributed by atoms with E-state index in [0.717, 1.165) is 31.5 Å². The fourth-order valence-corrected chi connectivity index (χ4v) is 4.22. The summed E-state index contributed by atoms with van der Waals surface area (Å²) >= 11 is 0. The van der Waals surface area contributed by atoms with E-state index in [1.165, 1.54) is 6.42 Å². The number of rotatable bonds is 7. The van der Waals surface area contributed by atoms with Crippen LogP contribution in [-0.2, 0) is 9.59 Å². The highest BCUT2D eigenvalue weighted by molar-refractivity contribution is 5.66. The minimum atomic E-state index is -0.728. The van der Waals surface area contributed by atoms with Crippen LogP contribution in [0.25, 0.3) is 0 Å². The molecule has 0 aromatic rings. The second kappa shape index (κ2) is 6.11. The van der Waals surface area contributed by atoms with E-state index in [0.29, 0.717) is 23.7 Å². The lowest BCUT2D eigenvalue weighted by atomic mass is 9.43. The van der Waals surface area contributed by atoms with Gasteiger partial charge >= 0.3 is 5.97 Å². The lowest BCUT2D eigenvalue weighted by Crippen LogP contribution is -2.55. The van der Waals surface area contributed by atoms with Crippen LogP contribution >= 0.6 is 0 Å². The maximum absolute atomic E-state index is 11.3. The Bertz CT molecular complexity index is 397. The standard InChI is InChI=1S/C17H26O3/c1-17(2)13-9-12(11-18)14(15(17)10-13)7-5-3-4-6-8-16(19)20/h3,5,11-15H,4,6-10H2,1-2H3,(H,19,20)/t12-,13?,14-,15?/m0/s1. The number of fused-ring (bicyclic) bond motifs is 2. The maximum atomic E-state index is 11.3. The van der Waals surface area contributed by atoms with Gasteiger partial charge in [0.05, 0.1) is 0 Å². The normalized spacial score (nSPS) is 34.7. The summed E-state index contributed by atoms with van der Waals surface area (Å²) < 4.78 is 0. The molecular weight excluding hydrogens is 252 g/mol. The highest BCUT2D eigenvalue weighted by Crippen LogP contribution is 2.63. The molecule has 0 heterocycles. The lowest BCUT2D eigenvalue weighted by molar-refractivity contribution is -0.145. The molecule has 2 bridgehead atoms. The molecule has 3 fully saturated rings. The zero-order valence-electron chi connectivity index (χ0n) is 12.5. The number of allylic oxidation sites excluding steroid dienone is 2. The smallest absolute Gasteiger partial charge is 0.303 e. The first kappa shape index (κ1) is 15.3. The predicted molar refractivity (Wildman–Crippen MR) is 78.3 cm³/mol. The van der Waals surface area contributed by atoms with Gasteiger partial charge in [0.15, 0.2) is 0 Å². The SMILES string of the molecule is CC1(C)C2CC1[C@@H](CC=CCCCC(=O)O)[C@H](C=O)C2. The number of carboxylic acid groups (broad SMARTS) is 1. The summed E-state index contributed by atoms with van der Waals surface area (Å²) in [5.74, 6) is 1.41. The summed E-state index contributed by atoms with van der Waals surface area (Å²) in [5.41, 5.74) is 0.404. The molecule has 0 aromatic heterocycles. The molecule has 112 valence electrons. The Balaban J connectivity index is 1.82. The topological polar surface area (TPSA) is 54.4 Å². The monoisotopic (exact) mass is 278 g/mol. The number of hydrogen-bond donors (Lipinski definition) is 1. The van der Waals surface area contributed by atoms with Gasteiger partial charge in [-0.2, -0.15) is 0 Å². The van der Waals surface area contributed by atoms with Gasteiger partial charge < -0.3 is 9.90 Å². The predicted octanol–water partition coefficient (Wildman–Crippen LogP) is 3.68. The Morgan fingerprint density at radius 1 is 1.30 bits per heavy atom. The molecule has 0 aliphatic heterocycles. The largest absolute Gasteiger partial charge is 0.481 e. The number of carbonyl (C=O) groups is 2. The van der Waals surface area contributed by atoms with Gasteiger partial charge in [-0.15, -0.1) is 0 Å². The molecule has 0 amide bonds. The summed E-state index contributed by atoms with van der Waals surface area (Å²) in [6.07, 6.45) is 10.5. The van der Waals surface area contributed by atoms with E-state index in [4.69, 9.17) is 5.11 Å². The summed E-state index contributed by atoms with van der Waals surface area (Å²) in [7, 11) is 0. The van der Waals surface area contributed by atoms with Crippen molar-refractivity contribution in [2.24, 2.45) is 29.1 Å². The van der Waals surface area contributed by atoms with Gasteiger partial charge in [0, 0.05) is 12.3 Å². The Kier molecular flexibility index (Phi) is 4.66. The molecule has 1 N–H and O–H groups in total. The van der Waals surface area contributed by atoms with E-state index in [-0.39, 0.29) is 12.3 Å². The number of carbonyl (C=O) groups excluding carboxylic acids is 1. The van der Waals surface area contributed by atoms with Crippen LogP contribution in [0.3, 0.4) is 0 Å². The molecule has 3 aliphatic rings. The third-order valence-electron chi connectivity index (χ3n) is 5.68. The number of aliphatic carboxylic acids is 1. The molecule has 0 radical (unpaired) electrons. The highest BCUT2D eigenvalue weighted by Gasteiger charge is 2.56. The van der Waals surface area contributed by atoms with Crippen molar-refractivity contribution in [2.45, 2.75) is 52.4 Å². The second-order valence-corrected chi connectivity index (χ2v) is 7.05. The average molecular weight is 278 g/mol. The molecule has 3 nitrogen and oxygen atoms in total. The Morgan fingerprint density at radius 3 is 2.65 bits per heavy atom. The van der Waals surface area contributed by atoms with Crippen molar-refractivity contribution in [1.82, 2.24) is 0 Å². The van der Waals surface area contributed by atoms with Crippen LogP contribution in [0.2, 0.25) is 0 Å². The van der Waals surface area contributed by atoms with Gasteiger partial charge in [0.25, 0.3) is 0 Å². The van der Waals surface area contributed by atoms with Gasteiger partial charge in [-0.05, 0) is 55.3 Å². The number of unbranched alkanes of at least 4 members (excludes halogenated alkanes) is 1. The van der Waals surface area contributed by atoms with Crippen LogP contribution in [0.5, 0.6) is 0 Å². The van der Waals surface area contributed by atoms with Crippen molar-refractivity contribution in [2.75, 3.05) is 0 Å². The van der Waals surface area contributed by atoms with Gasteiger partial charge in [-0.25, -0.2) is 0 Å². The first-order valence-electron chi connectivity index (χ1n) is 7.79. The first-order valence-corrected chi connectivity index (χ1v) is 7.79. The molecule has 0 aromatic carbocycles. The molecular formula is C17H26O3. The third kappa shape index (κ3) is 2.97. The maximum Gasteiger partial charge on any atom is 0.303 e. The minimum Gasteiger partial charge on any atom is -0.481 e. The quantitative estimate of drug-likeness (QED) is 0.439. The third-order valence-corrected chi connectivity index (χ3v) is 5.68. The van der Waals surface area contributed by atoms with Gasteiger partial charge in [0.1, 0.15) is 6.29 Å². The van der Waals surface area contributed by atoms with Gasteiger partial charge in [0.2, 0.25) is 0 Å². The molecule has 0 saturated heterocycles. The molecule has 3 aliphatic carbocycles. The number of aldehydes is 1. The molecule has 20 heavy (non-hydrogen) atoms. The van der Waals surface area contributed by atoms with Crippen molar-refractivity contribution in [3.63, 3.8) is 0 Å². The molecule has 3 heteroatoms. The highest BCUT2D eigenvalue weighted by atomic mass is 16.4. The summed E-state index contributed by atoms with van der Waals surface area (Å²) in [6.45, 7) is 4.69. The van der Waals surface area contributed by atoms with E-state index in [2.05, 4.69) is 26.0 Å². The Hall–Kier alpha value is -1.12. The number of hydrogen-bond acceptors (Lipinski definition) is 2. The minimum absolute atomic E-state index is 0.232. The van der Waals surface area contributed by atoms with Crippen LogP contribution < -0.4 is 0 Å². The van der Waals surface area contributed by atoms with Crippen molar-refractivity contribution < 1.29 is 14.7 Å². The molecule has 4 atom stereocenters. The van der Waals surface area contributed by atoms with Gasteiger partial charge in [-0.1, -0.05) is 26.0 Å². The Labute approximate surface area is 121 Å². The van der Waals surface area contributed by atoms with E-state index in [9.17, 15) is 9.59 Å². The first-order chi connectivity index (χ1) is 9.46. The zero-order chi connectivity index (χ0) is 14.8. The number of carboxylic acids is 1. The van der Waals surface area contributed by atoms with Crippen LogP contribution in [0.15, 0.2) is 12.2 Å². The van der Waals surface area contributed by atoms with Crippen molar-refractivity contribution >= 4 is 12.3 Å². The Morgan fingerprint density at radius 2 is 2.05 bits per heavy atom.